The van der Waals surface area contributed by atoms with E-state index in [9.17, 15) is 9.59 Å². The maximum Gasteiger partial charge on any atom is 0.261 e. The summed E-state index contributed by atoms with van der Waals surface area (Å²) in [7, 11) is 1.50. The third kappa shape index (κ3) is 4.65. The Balaban J connectivity index is 1.80. The summed E-state index contributed by atoms with van der Waals surface area (Å²) >= 11 is 6.83. The van der Waals surface area contributed by atoms with Crippen LogP contribution in [0.3, 0.4) is 0 Å². The van der Waals surface area contributed by atoms with Crippen molar-refractivity contribution in [2.75, 3.05) is 12.4 Å². The van der Waals surface area contributed by atoms with Crippen LogP contribution in [0.15, 0.2) is 24.3 Å². The number of primary amides is 1. The molecule has 0 saturated heterocycles. The second kappa shape index (κ2) is 8.73. The number of thiocarbonyl (C=S) groups is 1. The highest BCUT2D eigenvalue weighted by Gasteiger charge is 2.33. The van der Waals surface area contributed by atoms with Gasteiger partial charge in [-0.3, -0.25) is 14.9 Å². The van der Waals surface area contributed by atoms with Crippen molar-refractivity contribution in [2.45, 2.75) is 40.0 Å². The SMILES string of the molecule is COc1ccccc1C(=O)NC(=S)Nc1sc2c(c1C(N)=O)CCC(C(C)(C)C)C2. The third-order valence-corrected chi connectivity index (χ3v) is 6.92. The van der Waals surface area contributed by atoms with E-state index in [2.05, 4.69) is 31.4 Å². The number of benzene rings is 1. The zero-order valence-electron chi connectivity index (χ0n) is 17.6. The van der Waals surface area contributed by atoms with Crippen LogP contribution in [0, 0.1) is 11.3 Å². The van der Waals surface area contributed by atoms with Crippen LogP contribution in [0.2, 0.25) is 0 Å². The summed E-state index contributed by atoms with van der Waals surface area (Å²) in [6.45, 7) is 6.73. The monoisotopic (exact) mass is 445 g/mol. The Morgan fingerprint density at radius 3 is 2.60 bits per heavy atom. The molecule has 0 fully saturated rings. The first kappa shape index (κ1) is 22.2. The van der Waals surface area contributed by atoms with Gasteiger partial charge < -0.3 is 15.8 Å². The van der Waals surface area contributed by atoms with Gasteiger partial charge in [0.2, 0.25) is 0 Å². The number of amides is 2. The zero-order chi connectivity index (χ0) is 22.1. The Morgan fingerprint density at radius 1 is 1.27 bits per heavy atom. The van der Waals surface area contributed by atoms with E-state index in [1.807, 2.05) is 0 Å². The van der Waals surface area contributed by atoms with Crippen molar-refractivity contribution in [1.29, 1.82) is 0 Å². The number of para-hydroxylation sites is 1. The molecule has 0 saturated carbocycles. The van der Waals surface area contributed by atoms with Gasteiger partial charge in [0.05, 0.1) is 18.2 Å². The van der Waals surface area contributed by atoms with Gasteiger partial charge in [-0.15, -0.1) is 11.3 Å². The van der Waals surface area contributed by atoms with Crippen molar-refractivity contribution < 1.29 is 14.3 Å². The molecule has 0 aliphatic heterocycles. The van der Waals surface area contributed by atoms with E-state index in [1.165, 1.54) is 18.4 Å². The molecular weight excluding hydrogens is 418 g/mol. The second-order valence-electron chi connectivity index (χ2n) is 8.49. The fraction of sp³-hybridized carbons (Fsp3) is 0.409. The third-order valence-electron chi connectivity index (χ3n) is 5.54. The molecule has 0 spiro atoms. The summed E-state index contributed by atoms with van der Waals surface area (Å²) < 4.78 is 5.23. The molecule has 2 aromatic rings. The van der Waals surface area contributed by atoms with Gasteiger partial charge in [-0.2, -0.15) is 0 Å². The Morgan fingerprint density at radius 2 is 1.97 bits per heavy atom. The Labute approximate surface area is 186 Å². The van der Waals surface area contributed by atoms with Crippen molar-refractivity contribution >= 4 is 45.5 Å². The minimum Gasteiger partial charge on any atom is -0.496 e. The Bertz CT molecular complexity index is 992. The summed E-state index contributed by atoms with van der Waals surface area (Å²) in [6, 6.07) is 6.89. The van der Waals surface area contributed by atoms with Gasteiger partial charge >= 0.3 is 0 Å². The molecule has 1 unspecified atom stereocenters. The molecule has 2 amide bonds. The van der Waals surface area contributed by atoms with Crippen LogP contribution in [-0.2, 0) is 12.8 Å². The van der Waals surface area contributed by atoms with E-state index in [0.29, 0.717) is 27.8 Å². The number of carbonyl (C=O) groups excluding carboxylic acids is 2. The molecule has 1 aromatic heterocycles. The summed E-state index contributed by atoms with van der Waals surface area (Å²) in [5.41, 5.74) is 7.75. The van der Waals surface area contributed by atoms with Gasteiger partial charge in [-0.05, 0) is 60.5 Å². The van der Waals surface area contributed by atoms with E-state index in [4.69, 9.17) is 22.7 Å². The van der Waals surface area contributed by atoms with Gasteiger partial charge in [0.25, 0.3) is 11.8 Å². The van der Waals surface area contributed by atoms with Gasteiger partial charge in [-0.25, -0.2) is 0 Å². The molecule has 30 heavy (non-hydrogen) atoms. The van der Waals surface area contributed by atoms with Gasteiger partial charge in [0.1, 0.15) is 10.8 Å². The van der Waals surface area contributed by atoms with E-state index < -0.39 is 5.91 Å². The molecule has 1 aromatic carbocycles. The standard InChI is InChI=1S/C22H27N3O3S2/c1-22(2,3)12-9-10-14-16(11-12)30-20(17(14)18(23)26)25-21(29)24-19(27)13-7-5-6-8-15(13)28-4/h5-8,12H,9-11H2,1-4H3,(H2,23,26)(H2,24,25,27,29). The molecule has 1 aliphatic carbocycles. The highest BCUT2D eigenvalue weighted by Crippen LogP contribution is 2.44. The topological polar surface area (TPSA) is 93.4 Å². The average Bonchev–Trinajstić information content (AvgIpc) is 3.04. The molecule has 0 bridgehead atoms. The lowest BCUT2D eigenvalue weighted by Crippen LogP contribution is -2.34. The predicted molar refractivity (Wildman–Crippen MR) is 124 cm³/mol. The summed E-state index contributed by atoms with van der Waals surface area (Å²) in [4.78, 5) is 25.9. The van der Waals surface area contributed by atoms with Crippen molar-refractivity contribution in [3.05, 3.63) is 45.8 Å². The van der Waals surface area contributed by atoms with E-state index >= 15 is 0 Å². The summed E-state index contributed by atoms with van der Waals surface area (Å²) in [6.07, 6.45) is 2.74. The average molecular weight is 446 g/mol. The number of nitrogens with one attached hydrogen (secondary N) is 2. The van der Waals surface area contributed by atoms with Crippen molar-refractivity contribution in [3.63, 3.8) is 0 Å². The maximum absolute atomic E-state index is 12.6. The van der Waals surface area contributed by atoms with Gasteiger partial charge in [0, 0.05) is 4.88 Å². The van der Waals surface area contributed by atoms with Crippen LogP contribution in [0.4, 0.5) is 5.00 Å². The minimum absolute atomic E-state index is 0.111. The van der Waals surface area contributed by atoms with E-state index in [0.717, 1.165) is 29.7 Å². The van der Waals surface area contributed by atoms with Gasteiger partial charge in [-0.1, -0.05) is 32.9 Å². The fourth-order valence-corrected chi connectivity index (χ4v) is 5.41. The number of rotatable bonds is 4. The molecule has 1 atom stereocenters. The Kier molecular flexibility index (Phi) is 6.47. The van der Waals surface area contributed by atoms with Crippen LogP contribution in [-0.4, -0.2) is 24.0 Å². The Hall–Kier alpha value is -2.45. The molecule has 160 valence electrons. The summed E-state index contributed by atoms with van der Waals surface area (Å²) in [5.74, 6) is 0.118. The number of carbonyl (C=O) groups is 2. The van der Waals surface area contributed by atoms with Crippen LogP contribution in [0.25, 0.3) is 0 Å². The number of hydrogen-bond acceptors (Lipinski definition) is 5. The largest absolute Gasteiger partial charge is 0.496 e. The molecule has 8 heteroatoms. The summed E-state index contributed by atoms with van der Waals surface area (Å²) in [5, 5.41) is 6.37. The molecule has 1 aliphatic rings. The van der Waals surface area contributed by atoms with Crippen LogP contribution < -0.4 is 21.1 Å². The number of hydrogen-bond donors (Lipinski definition) is 3. The molecule has 1 heterocycles. The number of fused-ring (bicyclic) bond motifs is 1. The number of anilines is 1. The maximum atomic E-state index is 12.6. The van der Waals surface area contributed by atoms with Crippen LogP contribution >= 0.6 is 23.6 Å². The van der Waals surface area contributed by atoms with Crippen molar-refractivity contribution in [1.82, 2.24) is 5.32 Å². The quantitative estimate of drug-likeness (QED) is 0.615. The first-order valence-corrected chi connectivity index (χ1v) is 11.0. The molecular formula is C22H27N3O3S2. The van der Waals surface area contributed by atoms with E-state index in [1.54, 1.807) is 24.3 Å². The van der Waals surface area contributed by atoms with Crippen molar-refractivity contribution in [3.8, 4) is 5.75 Å². The fourth-order valence-electron chi connectivity index (χ4n) is 3.81. The first-order valence-electron chi connectivity index (χ1n) is 9.81. The molecule has 3 rings (SSSR count). The lowest BCUT2D eigenvalue weighted by Gasteiger charge is -2.33. The molecule has 4 N–H and O–H groups in total. The molecule has 0 radical (unpaired) electrons. The number of ether oxygens (including phenoxy) is 1. The smallest absolute Gasteiger partial charge is 0.261 e. The van der Waals surface area contributed by atoms with Crippen LogP contribution in [0.1, 0.15) is 58.3 Å². The second-order valence-corrected chi connectivity index (χ2v) is 10.00. The normalized spacial score (nSPS) is 15.8. The highest BCUT2D eigenvalue weighted by atomic mass is 32.1. The highest BCUT2D eigenvalue weighted by molar-refractivity contribution is 7.80. The lowest BCUT2D eigenvalue weighted by atomic mass is 9.72. The lowest BCUT2D eigenvalue weighted by molar-refractivity contribution is 0.0972. The molecule has 6 nitrogen and oxygen atoms in total. The number of methoxy groups -OCH3 is 1. The minimum atomic E-state index is -0.483. The van der Waals surface area contributed by atoms with Gasteiger partial charge in [0.15, 0.2) is 5.11 Å². The zero-order valence-corrected chi connectivity index (χ0v) is 19.3. The predicted octanol–water partition coefficient (Wildman–Crippen LogP) is 4.13. The van der Waals surface area contributed by atoms with Crippen LogP contribution in [0.5, 0.6) is 5.75 Å². The number of nitrogens with two attached hydrogens (primary N) is 1. The van der Waals surface area contributed by atoms with E-state index in [-0.39, 0.29) is 16.4 Å². The first-order chi connectivity index (χ1) is 14.1. The number of thiophene rings is 1. The van der Waals surface area contributed by atoms with Crippen molar-refractivity contribution in [2.24, 2.45) is 17.1 Å².